The van der Waals surface area contributed by atoms with Crippen LogP contribution in [0.3, 0.4) is 0 Å². The SMILES string of the molecule is Cc1ccc(N=Nc2ccc3cc(S(=O)(=O)O)c(N=Nc4cccc(Nc5cc(F)c([N+](=O)[O-])cc5[N+](=O)[O-])c4)c(O)c3c2N)cc1.O=S(=O)=O.O=S(=O)=O. The molecule has 0 radical (unpaired) electrons. The number of nitro groups is 2. The summed E-state index contributed by atoms with van der Waals surface area (Å²) >= 11 is 0. The maximum absolute atomic E-state index is 14.3. The highest BCUT2D eigenvalue weighted by Gasteiger charge is 2.26. The second-order valence-electron chi connectivity index (χ2n) is 10.3. The summed E-state index contributed by atoms with van der Waals surface area (Å²) in [6, 6.07) is 17.6. The molecule has 0 atom stereocenters. The summed E-state index contributed by atoms with van der Waals surface area (Å²) in [7, 11) is -11.2. The zero-order chi connectivity index (χ0) is 41.2. The molecule has 0 aliphatic carbocycles. The number of anilines is 3. The minimum absolute atomic E-state index is 0.00874. The van der Waals surface area contributed by atoms with E-state index >= 15 is 0 Å². The highest BCUT2D eigenvalue weighted by Crippen LogP contribution is 2.46. The molecule has 0 fully saturated rings. The molecule has 0 saturated heterocycles. The Balaban J connectivity index is 0.000000925. The van der Waals surface area contributed by atoms with Crippen LogP contribution in [0.15, 0.2) is 104 Å². The molecule has 26 heteroatoms. The number of rotatable bonds is 9. The third-order valence-electron chi connectivity index (χ3n) is 6.67. The highest BCUT2D eigenvalue weighted by molar-refractivity contribution is 7.86. The molecule has 0 bridgehead atoms. The maximum Gasteiger partial charge on any atom is 0.425 e. The molecule has 0 saturated carbocycles. The van der Waals surface area contributed by atoms with E-state index in [1.807, 2.05) is 19.1 Å². The van der Waals surface area contributed by atoms with Crippen LogP contribution in [-0.4, -0.2) is 53.2 Å². The van der Waals surface area contributed by atoms with E-state index in [2.05, 4.69) is 25.8 Å². The van der Waals surface area contributed by atoms with Crippen LogP contribution in [0.25, 0.3) is 10.8 Å². The fourth-order valence-corrected chi connectivity index (χ4v) is 5.07. The smallest absolute Gasteiger partial charge is 0.425 e. The number of nitrogens with one attached hydrogen (secondary N) is 1. The lowest BCUT2D eigenvalue weighted by Gasteiger charge is -2.12. The van der Waals surface area contributed by atoms with Crippen LogP contribution in [0.4, 0.5) is 55.6 Å². The molecule has 55 heavy (non-hydrogen) atoms. The van der Waals surface area contributed by atoms with Crippen LogP contribution in [0, 0.1) is 33.0 Å². The number of nitro benzene ring substituents is 2. The molecule has 0 heterocycles. The molecule has 0 amide bonds. The first-order valence-electron chi connectivity index (χ1n) is 14.2. The van der Waals surface area contributed by atoms with E-state index in [9.17, 15) is 42.7 Å². The van der Waals surface area contributed by atoms with Gasteiger partial charge in [-0.05, 0) is 54.8 Å². The molecule has 0 aliphatic rings. The second kappa shape index (κ2) is 18.1. The van der Waals surface area contributed by atoms with E-state index in [1.165, 1.54) is 36.4 Å². The lowest BCUT2D eigenvalue weighted by molar-refractivity contribution is -0.395. The number of azo groups is 2. The van der Waals surface area contributed by atoms with Gasteiger partial charge in [-0.3, -0.25) is 24.8 Å². The third-order valence-corrected chi connectivity index (χ3v) is 7.54. The number of benzene rings is 5. The number of hydrogen-bond donors (Lipinski definition) is 4. The molecule has 5 aromatic carbocycles. The van der Waals surface area contributed by atoms with Gasteiger partial charge >= 0.3 is 26.9 Å². The van der Waals surface area contributed by atoms with E-state index in [0.717, 1.165) is 11.6 Å². The number of nitrogens with two attached hydrogens (primary N) is 1. The van der Waals surface area contributed by atoms with Gasteiger partial charge in [-0.1, -0.05) is 29.8 Å². The van der Waals surface area contributed by atoms with Crippen molar-refractivity contribution in [2.45, 2.75) is 11.8 Å². The van der Waals surface area contributed by atoms with Gasteiger partial charge in [0.1, 0.15) is 22.0 Å². The predicted molar refractivity (Wildman–Crippen MR) is 188 cm³/mol. The van der Waals surface area contributed by atoms with Gasteiger partial charge in [0.25, 0.3) is 15.8 Å². The molecule has 286 valence electrons. The van der Waals surface area contributed by atoms with Crippen molar-refractivity contribution >= 4 is 93.3 Å². The number of fused-ring (bicyclic) bond motifs is 1. The van der Waals surface area contributed by atoms with Crippen molar-refractivity contribution in [3.8, 4) is 5.75 Å². The number of aromatic hydroxyl groups is 1. The summed E-state index contributed by atoms with van der Waals surface area (Å²) in [5.74, 6) is -2.06. The van der Waals surface area contributed by atoms with Crippen molar-refractivity contribution in [3.63, 3.8) is 0 Å². The third kappa shape index (κ3) is 11.7. The van der Waals surface area contributed by atoms with Gasteiger partial charge in [0.05, 0.1) is 38.4 Å². The largest absolute Gasteiger partial charge is 0.505 e. The van der Waals surface area contributed by atoms with Crippen LogP contribution in [-0.2, 0) is 31.3 Å². The topological polar surface area (TPSA) is 351 Å². The number of halogens is 1. The minimum atomic E-state index is -4.96. The molecule has 5 rings (SSSR count). The van der Waals surface area contributed by atoms with Crippen molar-refractivity contribution in [1.82, 2.24) is 0 Å². The predicted octanol–water partition coefficient (Wildman–Crippen LogP) is 6.20. The molecule has 0 spiro atoms. The molecule has 5 N–H and O–H groups in total. The van der Waals surface area contributed by atoms with E-state index < -0.39 is 80.4 Å². The van der Waals surface area contributed by atoms with Crippen molar-refractivity contribution in [2.75, 3.05) is 11.1 Å². The molecule has 22 nitrogen and oxygen atoms in total. The summed E-state index contributed by atoms with van der Waals surface area (Å²) < 4.78 is 99.4. The fourth-order valence-electron chi connectivity index (χ4n) is 4.41. The monoisotopic (exact) mass is 820 g/mol. The number of phenols is 1. The lowest BCUT2D eigenvalue weighted by atomic mass is 10.1. The zero-order valence-electron chi connectivity index (χ0n) is 27.2. The van der Waals surface area contributed by atoms with Gasteiger partial charge in [-0.25, -0.2) is 0 Å². The maximum atomic E-state index is 14.3. The van der Waals surface area contributed by atoms with Crippen molar-refractivity contribution in [3.05, 3.63) is 110 Å². The van der Waals surface area contributed by atoms with Crippen molar-refractivity contribution in [1.29, 1.82) is 0 Å². The average molecular weight is 821 g/mol. The molecule has 5 aromatic rings. The van der Waals surface area contributed by atoms with Gasteiger partial charge in [0.15, 0.2) is 5.75 Å². The Morgan fingerprint density at radius 2 is 1.36 bits per heavy atom. The lowest BCUT2D eigenvalue weighted by Crippen LogP contribution is -2.01. The van der Waals surface area contributed by atoms with E-state index in [0.29, 0.717) is 17.8 Å². The first-order chi connectivity index (χ1) is 25.7. The summed E-state index contributed by atoms with van der Waals surface area (Å²) in [6.45, 7) is 1.91. The number of nitrogen functional groups attached to an aromatic ring is 1. The fraction of sp³-hybridized carbons (Fsp3) is 0.0345. The van der Waals surface area contributed by atoms with Gasteiger partial charge in [-0.15, -0.1) is 35.5 Å². The normalized spacial score (nSPS) is 11.0. The molecule has 0 aromatic heterocycles. The minimum Gasteiger partial charge on any atom is -0.505 e. The Morgan fingerprint density at radius 3 is 1.93 bits per heavy atom. The first-order valence-corrected chi connectivity index (χ1v) is 17.6. The van der Waals surface area contributed by atoms with Gasteiger partial charge in [0.2, 0.25) is 5.82 Å². The number of nitrogens with zero attached hydrogens (tertiary/aromatic N) is 6. The first kappa shape index (κ1) is 42.3. The Labute approximate surface area is 309 Å². The Morgan fingerprint density at radius 1 is 0.782 bits per heavy atom. The van der Waals surface area contributed by atoms with Crippen molar-refractivity contribution < 1.29 is 57.6 Å². The molecule has 0 aliphatic heterocycles. The van der Waals surface area contributed by atoms with Crippen LogP contribution in [0.1, 0.15) is 5.56 Å². The molecular weight excluding hydrogens is 800 g/mol. The van der Waals surface area contributed by atoms with Crippen molar-refractivity contribution in [2.24, 2.45) is 20.5 Å². The van der Waals surface area contributed by atoms with E-state index in [4.69, 9.17) is 31.0 Å². The molecular formula is C29H21FN8O14S3. The summed E-state index contributed by atoms with van der Waals surface area (Å²) in [5, 5.41) is 52.4. The van der Waals surface area contributed by atoms with Crippen LogP contribution < -0.4 is 11.1 Å². The van der Waals surface area contributed by atoms with Crippen LogP contribution in [0.5, 0.6) is 5.75 Å². The van der Waals surface area contributed by atoms with E-state index in [-0.39, 0.29) is 33.5 Å². The quantitative estimate of drug-likeness (QED) is 0.0422. The van der Waals surface area contributed by atoms with Gasteiger partial charge in [0, 0.05) is 11.8 Å². The Kier molecular flexibility index (Phi) is 13.9. The standard InChI is InChI=1S/C29H21FN8O8S.2O3S/c1-15-5-8-17(9-6-15)33-35-21-10-7-16-11-25(47(44,45)46)28(29(39)26(16)27(21)31)36-34-19-4-2-3-18(12-19)32-22-13-20(30)23(37(40)41)14-24(22)38(42)43;2*1-4(2)3/h2-14,32,39H,31H2,1H3,(H,44,45,46);;. The summed E-state index contributed by atoms with van der Waals surface area (Å²) in [6.07, 6.45) is 0. The van der Waals surface area contributed by atoms with Crippen LogP contribution in [0.2, 0.25) is 0 Å². The van der Waals surface area contributed by atoms with Gasteiger partial charge < -0.3 is 16.2 Å². The van der Waals surface area contributed by atoms with E-state index in [1.54, 1.807) is 12.1 Å². The highest BCUT2D eigenvalue weighted by atomic mass is 32.2. The number of phenolic OH excluding ortho intramolecular Hbond substituents is 1. The van der Waals surface area contributed by atoms with Gasteiger partial charge in [-0.2, -0.15) is 23.0 Å². The average Bonchev–Trinajstić information content (AvgIpc) is 3.07. The summed E-state index contributed by atoms with van der Waals surface area (Å²) in [5.41, 5.74) is 5.08. The zero-order valence-corrected chi connectivity index (χ0v) is 29.6. The number of hydrogen-bond acceptors (Lipinski definition) is 19. The molecule has 0 unspecified atom stereocenters. The second-order valence-corrected chi connectivity index (χ2v) is 12.5. The Bertz CT molecular complexity index is 2690. The summed E-state index contributed by atoms with van der Waals surface area (Å²) in [4.78, 5) is 19.7. The number of aryl methyl sites for hydroxylation is 1. The Hall–Kier alpha value is -7.16. The van der Waals surface area contributed by atoms with Crippen LogP contribution >= 0.6 is 0 Å².